The molecule has 28 heavy (non-hydrogen) atoms. The van der Waals surface area contributed by atoms with Gasteiger partial charge in [0, 0.05) is 37.3 Å². The first-order valence-electron chi connectivity index (χ1n) is 9.84. The second-order valence-electron chi connectivity index (χ2n) is 8.25. The van der Waals surface area contributed by atoms with E-state index in [1.807, 2.05) is 27.7 Å². The molecule has 3 rings (SSSR count). The highest BCUT2D eigenvalue weighted by molar-refractivity contribution is 5.97. The van der Waals surface area contributed by atoms with Gasteiger partial charge in [0.15, 0.2) is 5.69 Å². The van der Waals surface area contributed by atoms with Gasteiger partial charge in [-0.25, -0.2) is 4.79 Å². The second-order valence-corrected chi connectivity index (χ2v) is 8.25. The number of nitrogens with zero attached hydrogens (tertiary/aromatic N) is 3. The van der Waals surface area contributed by atoms with Crippen molar-refractivity contribution >= 4 is 17.9 Å². The Balaban J connectivity index is 1.82. The third-order valence-electron chi connectivity index (χ3n) is 4.99. The van der Waals surface area contributed by atoms with Crippen molar-refractivity contribution in [3.05, 3.63) is 17.0 Å². The van der Waals surface area contributed by atoms with Crippen LogP contribution in [0.15, 0.2) is 0 Å². The maximum absolute atomic E-state index is 13.2. The Morgan fingerprint density at radius 1 is 1.29 bits per heavy atom. The van der Waals surface area contributed by atoms with Gasteiger partial charge in [0.25, 0.3) is 5.91 Å². The van der Waals surface area contributed by atoms with Gasteiger partial charge in [0.2, 0.25) is 5.91 Å². The average molecular weight is 391 g/mol. The van der Waals surface area contributed by atoms with E-state index in [-0.39, 0.29) is 24.1 Å². The molecule has 0 spiro atoms. The fourth-order valence-corrected chi connectivity index (χ4v) is 3.62. The summed E-state index contributed by atoms with van der Waals surface area (Å²) >= 11 is 0. The molecule has 2 aliphatic rings. The largest absolute Gasteiger partial charge is 0.444 e. The van der Waals surface area contributed by atoms with E-state index in [1.54, 1.807) is 9.80 Å². The number of aromatic nitrogens is 2. The monoisotopic (exact) mass is 391 g/mol. The van der Waals surface area contributed by atoms with Gasteiger partial charge in [-0.05, 0) is 33.6 Å². The molecule has 0 bridgehead atoms. The van der Waals surface area contributed by atoms with Gasteiger partial charge >= 0.3 is 6.09 Å². The van der Waals surface area contributed by atoms with Gasteiger partial charge in [-0.15, -0.1) is 0 Å². The molecule has 0 saturated carbocycles. The lowest BCUT2D eigenvalue weighted by molar-refractivity contribution is -0.124. The van der Waals surface area contributed by atoms with E-state index >= 15 is 0 Å². The summed E-state index contributed by atoms with van der Waals surface area (Å²) in [7, 11) is 0. The van der Waals surface area contributed by atoms with Crippen molar-refractivity contribution in [2.45, 2.75) is 65.1 Å². The molecule has 9 heteroatoms. The third kappa shape index (κ3) is 4.13. The molecule has 154 valence electrons. The number of rotatable bonds is 2. The SMILES string of the molecule is CC[C@@H]1C(=O)NCCCN1C(=O)c1n[nH]c2c1CN(C(=O)OC(C)(C)C)CC2. The molecule has 1 fully saturated rings. The normalized spacial score (nSPS) is 20.3. The lowest BCUT2D eigenvalue weighted by atomic mass is 10.0. The number of amides is 3. The number of carbonyl (C=O) groups is 3. The van der Waals surface area contributed by atoms with Crippen molar-refractivity contribution < 1.29 is 19.1 Å². The predicted octanol–water partition coefficient (Wildman–Crippen LogP) is 1.44. The van der Waals surface area contributed by atoms with Gasteiger partial charge in [0.05, 0.1) is 6.54 Å². The van der Waals surface area contributed by atoms with E-state index in [9.17, 15) is 14.4 Å². The number of nitrogens with one attached hydrogen (secondary N) is 2. The summed E-state index contributed by atoms with van der Waals surface area (Å²) < 4.78 is 5.46. The van der Waals surface area contributed by atoms with Crippen molar-refractivity contribution in [1.29, 1.82) is 0 Å². The number of H-pyrrole nitrogens is 1. The molecule has 3 heterocycles. The number of hydrogen-bond acceptors (Lipinski definition) is 5. The number of fused-ring (bicyclic) bond motifs is 1. The highest BCUT2D eigenvalue weighted by Crippen LogP contribution is 2.24. The predicted molar refractivity (Wildman–Crippen MR) is 102 cm³/mol. The minimum Gasteiger partial charge on any atom is -0.444 e. The Labute approximate surface area is 164 Å². The fourth-order valence-electron chi connectivity index (χ4n) is 3.62. The summed E-state index contributed by atoms with van der Waals surface area (Å²) in [4.78, 5) is 41.2. The van der Waals surface area contributed by atoms with Crippen LogP contribution in [-0.4, -0.2) is 69.2 Å². The van der Waals surface area contributed by atoms with Crippen molar-refractivity contribution in [2.75, 3.05) is 19.6 Å². The van der Waals surface area contributed by atoms with E-state index < -0.39 is 17.7 Å². The van der Waals surface area contributed by atoms with Crippen LogP contribution in [0.4, 0.5) is 4.79 Å². The first-order valence-corrected chi connectivity index (χ1v) is 9.84. The molecule has 2 aliphatic heterocycles. The molecule has 9 nitrogen and oxygen atoms in total. The number of hydrogen-bond donors (Lipinski definition) is 2. The Bertz CT molecular complexity index is 767. The summed E-state index contributed by atoms with van der Waals surface area (Å²) in [6.45, 7) is 9.17. The minimum absolute atomic E-state index is 0.131. The first kappa shape index (κ1) is 20.2. The Hall–Kier alpha value is -2.58. The van der Waals surface area contributed by atoms with Gasteiger partial charge in [-0.3, -0.25) is 14.7 Å². The summed E-state index contributed by atoms with van der Waals surface area (Å²) in [6.07, 6.45) is 1.41. The van der Waals surface area contributed by atoms with Crippen LogP contribution < -0.4 is 5.32 Å². The molecule has 3 amide bonds. The fraction of sp³-hybridized carbons (Fsp3) is 0.684. The highest BCUT2D eigenvalue weighted by Gasteiger charge is 2.35. The lowest BCUT2D eigenvalue weighted by Gasteiger charge is -2.31. The summed E-state index contributed by atoms with van der Waals surface area (Å²) in [5, 5.41) is 10.0. The van der Waals surface area contributed by atoms with Gasteiger partial charge < -0.3 is 19.9 Å². The van der Waals surface area contributed by atoms with Crippen LogP contribution in [-0.2, 0) is 22.5 Å². The molecule has 0 aliphatic carbocycles. The molecule has 2 N–H and O–H groups in total. The molecule has 0 radical (unpaired) electrons. The van der Waals surface area contributed by atoms with Crippen LogP contribution in [0, 0.1) is 0 Å². The molecule has 0 aromatic carbocycles. The highest BCUT2D eigenvalue weighted by atomic mass is 16.6. The molecule has 1 atom stereocenters. The van der Waals surface area contributed by atoms with Gasteiger partial charge in [-0.1, -0.05) is 6.92 Å². The van der Waals surface area contributed by atoms with E-state index in [4.69, 9.17) is 4.74 Å². The van der Waals surface area contributed by atoms with Crippen molar-refractivity contribution in [3.8, 4) is 0 Å². The molecule has 1 aromatic heterocycles. The Morgan fingerprint density at radius 2 is 2.04 bits per heavy atom. The number of aromatic amines is 1. The van der Waals surface area contributed by atoms with Crippen LogP contribution in [0.3, 0.4) is 0 Å². The van der Waals surface area contributed by atoms with Crippen molar-refractivity contribution in [2.24, 2.45) is 0 Å². The van der Waals surface area contributed by atoms with Gasteiger partial charge in [-0.2, -0.15) is 5.10 Å². The smallest absolute Gasteiger partial charge is 0.410 e. The summed E-state index contributed by atoms with van der Waals surface area (Å²) in [5.41, 5.74) is 1.27. The van der Waals surface area contributed by atoms with Crippen LogP contribution in [0.1, 0.15) is 62.3 Å². The first-order chi connectivity index (χ1) is 13.2. The number of ether oxygens (including phenoxy) is 1. The van der Waals surface area contributed by atoms with Crippen LogP contribution in [0.5, 0.6) is 0 Å². The number of carbonyl (C=O) groups excluding carboxylic acids is 3. The van der Waals surface area contributed by atoms with E-state index in [0.717, 1.165) is 5.69 Å². The molecule has 0 unspecified atom stereocenters. The van der Waals surface area contributed by atoms with Crippen LogP contribution in [0.25, 0.3) is 0 Å². The maximum Gasteiger partial charge on any atom is 0.410 e. The van der Waals surface area contributed by atoms with Crippen LogP contribution >= 0.6 is 0 Å². The van der Waals surface area contributed by atoms with E-state index in [2.05, 4.69) is 15.5 Å². The van der Waals surface area contributed by atoms with E-state index in [1.165, 1.54) is 0 Å². The Morgan fingerprint density at radius 3 is 2.71 bits per heavy atom. The second kappa shape index (κ2) is 7.81. The summed E-state index contributed by atoms with van der Waals surface area (Å²) in [5.74, 6) is -0.402. The molecule has 1 aromatic rings. The zero-order chi connectivity index (χ0) is 20.5. The lowest BCUT2D eigenvalue weighted by Crippen LogP contribution is -2.47. The van der Waals surface area contributed by atoms with Crippen molar-refractivity contribution in [1.82, 2.24) is 25.3 Å². The topological polar surface area (TPSA) is 108 Å². The van der Waals surface area contributed by atoms with Gasteiger partial charge in [0.1, 0.15) is 11.6 Å². The quantitative estimate of drug-likeness (QED) is 0.793. The summed E-state index contributed by atoms with van der Waals surface area (Å²) in [6, 6.07) is -0.507. The standard InChI is InChI=1S/C19H29N5O4/c1-5-14-16(25)20-8-6-9-24(14)17(26)15-12-11-23(10-7-13(12)21-22-15)18(27)28-19(2,3)4/h14H,5-11H2,1-4H3,(H,20,25)(H,21,22)/t14-/m1/s1. The zero-order valence-electron chi connectivity index (χ0n) is 17.0. The van der Waals surface area contributed by atoms with Crippen LogP contribution in [0.2, 0.25) is 0 Å². The molecular weight excluding hydrogens is 362 g/mol. The average Bonchev–Trinajstić information content (AvgIpc) is 2.95. The zero-order valence-corrected chi connectivity index (χ0v) is 17.0. The molecule has 1 saturated heterocycles. The maximum atomic E-state index is 13.2. The van der Waals surface area contributed by atoms with E-state index in [0.29, 0.717) is 44.5 Å². The Kier molecular flexibility index (Phi) is 5.62. The third-order valence-corrected chi connectivity index (χ3v) is 4.99. The molecular formula is C19H29N5O4. The van der Waals surface area contributed by atoms with Crippen molar-refractivity contribution in [3.63, 3.8) is 0 Å². The minimum atomic E-state index is -0.583.